The Kier molecular flexibility index (Phi) is 9.78. The molecular formula is C40H36N10O6S2. The van der Waals surface area contributed by atoms with E-state index in [1.165, 1.54) is 22.7 Å². The summed E-state index contributed by atoms with van der Waals surface area (Å²) in [5.74, 6) is 0.529. The van der Waals surface area contributed by atoms with E-state index >= 15 is 0 Å². The number of rotatable bonds is 10. The lowest BCUT2D eigenvalue weighted by atomic mass is 10.1. The number of carbonyl (C=O) groups is 4. The number of hydrogen-bond donors (Lipinski definition) is 4. The lowest BCUT2D eigenvalue weighted by Gasteiger charge is -2.27. The fraction of sp³-hybridized carbons (Fsp3) is 0.250. The number of likely N-dealkylation sites (tertiary alicyclic amines) is 2. The van der Waals surface area contributed by atoms with Crippen LogP contribution in [0.3, 0.4) is 0 Å². The third-order valence-electron chi connectivity index (χ3n) is 10.4. The van der Waals surface area contributed by atoms with Gasteiger partial charge in [-0.1, -0.05) is 60.7 Å². The molecule has 3 aromatic carbocycles. The van der Waals surface area contributed by atoms with E-state index in [2.05, 4.69) is 19.9 Å². The number of carbonyl (C=O) groups excluding carboxylic acids is 4. The van der Waals surface area contributed by atoms with Crippen LogP contribution in [0.5, 0.6) is 0 Å². The summed E-state index contributed by atoms with van der Waals surface area (Å²) in [6.45, 7) is 0.971. The lowest BCUT2D eigenvalue weighted by molar-refractivity contribution is -0.142. The van der Waals surface area contributed by atoms with Crippen LogP contribution in [0.4, 0.5) is 9.59 Å². The monoisotopic (exact) mass is 816 g/mol. The number of ether oxygens (including phenoxy) is 2. The SMILES string of the molecule is NC(=O)O[C@@H](C(=O)N1CCCC1c1ncc(-c2nc3cc4sc(-c5cnc(C6CCCN6C(=O)[C@H](OC(N)=O)c6ccccc6)[nH]5)nc4cc3s2)[nH]1)c1ccccc1. The molecule has 6 heterocycles. The number of imidazole rings is 2. The molecule has 0 spiro atoms. The molecule has 294 valence electrons. The first-order chi connectivity index (χ1) is 28.2. The Morgan fingerprint density at radius 1 is 0.655 bits per heavy atom. The number of fused-ring (bicyclic) bond motifs is 2. The third-order valence-corrected chi connectivity index (χ3v) is 12.5. The van der Waals surface area contributed by atoms with Gasteiger partial charge in [0, 0.05) is 24.2 Å². The van der Waals surface area contributed by atoms with Crippen molar-refractivity contribution in [2.24, 2.45) is 11.5 Å². The number of aromatic amines is 2. The number of benzene rings is 3. The highest BCUT2D eigenvalue weighted by Gasteiger charge is 2.39. The van der Waals surface area contributed by atoms with Crippen LogP contribution in [0, 0.1) is 0 Å². The Labute approximate surface area is 338 Å². The summed E-state index contributed by atoms with van der Waals surface area (Å²) in [6.07, 6.45) is 2.00. The zero-order valence-corrected chi connectivity index (χ0v) is 32.4. The lowest BCUT2D eigenvalue weighted by Crippen LogP contribution is -2.37. The summed E-state index contributed by atoms with van der Waals surface area (Å²) < 4.78 is 12.5. The maximum Gasteiger partial charge on any atom is 0.405 e. The van der Waals surface area contributed by atoms with Crippen molar-refractivity contribution in [1.29, 1.82) is 0 Å². The van der Waals surface area contributed by atoms with Crippen LogP contribution in [0.1, 0.15) is 72.8 Å². The molecule has 4 amide bonds. The number of hydrogen-bond acceptors (Lipinski definition) is 12. The predicted molar refractivity (Wildman–Crippen MR) is 215 cm³/mol. The van der Waals surface area contributed by atoms with Crippen LogP contribution in [0.25, 0.3) is 41.8 Å². The average molecular weight is 817 g/mol. The zero-order valence-electron chi connectivity index (χ0n) is 30.7. The molecule has 16 nitrogen and oxygen atoms in total. The van der Waals surface area contributed by atoms with Gasteiger partial charge in [-0.05, 0) is 37.8 Å². The second-order valence-corrected chi connectivity index (χ2v) is 16.1. The summed E-state index contributed by atoms with van der Waals surface area (Å²) in [5.41, 5.74) is 14.8. The number of aromatic nitrogens is 6. The van der Waals surface area contributed by atoms with Gasteiger partial charge in [-0.3, -0.25) is 9.59 Å². The van der Waals surface area contributed by atoms with Crippen molar-refractivity contribution in [3.63, 3.8) is 0 Å². The number of nitrogens with two attached hydrogens (primary N) is 2. The first kappa shape index (κ1) is 36.9. The van der Waals surface area contributed by atoms with Crippen molar-refractivity contribution >= 4 is 67.1 Å². The fourth-order valence-corrected chi connectivity index (χ4v) is 9.64. The summed E-state index contributed by atoms with van der Waals surface area (Å²) in [6, 6.07) is 21.0. The molecule has 18 heteroatoms. The van der Waals surface area contributed by atoms with Gasteiger partial charge in [0.15, 0.2) is 0 Å². The molecule has 9 rings (SSSR count). The second kappa shape index (κ2) is 15.4. The molecule has 2 unspecified atom stereocenters. The molecule has 2 aliphatic heterocycles. The van der Waals surface area contributed by atoms with Crippen LogP contribution < -0.4 is 11.5 Å². The molecule has 2 saturated heterocycles. The van der Waals surface area contributed by atoms with E-state index < -0.39 is 24.4 Å². The van der Waals surface area contributed by atoms with Crippen molar-refractivity contribution in [2.45, 2.75) is 50.0 Å². The molecule has 6 N–H and O–H groups in total. The van der Waals surface area contributed by atoms with Gasteiger partial charge in [0.05, 0.1) is 56.3 Å². The minimum atomic E-state index is -1.16. The first-order valence-corrected chi connectivity index (χ1v) is 20.3. The Morgan fingerprint density at radius 2 is 1.07 bits per heavy atom. The molecule has 0 bridgehead atoms. The molecule has 58 heavy (non-hydrogen) atoms. The summed E-state index contributed by atoms with van der Waals surface area (Å²) in [7, 11) is 0. The minimum absolute atomic E-state index is 0.339. The van der Waals surface area contributed by atoms with Crippen molar-refractivity contribution in [1.82, 2.24) is 39.7 Å². The maximum atomic E-state index is 13.8. The van der Waals surface area contributed by atoms with Gasteiger partial charge in [-0.25, -0.2) is 29.5 Å². The number of H-pyrrole nitrogens is 2. The van der Waals surface area contributed by atoms with Gasteiger partial charge in [-0.15, -0.1) is 22.7 Å². The highest BCUT2D eigenvalue weighted by atomic mass is 32.1. The van der Waals surface area contributed by atoms with Crippen molar-refractivity contribution in [2.75, 3.05) is 13.1 Å². The number of amides is 4. The molecule has 2 aliphatic rings. The predicted octanol–water partition coefficient (Wildman–Crippen LogP) is 6.69. The summed E-state index contributed by atoms with van der Waals surface area (Å²) in [4.78, 5) is 80.3. The molecule has 0 saturated carbocycles. The Morgan fingerprint density at radius 3 is 1.47 bits per heavy atom. The van der Waals surface area contributed by atoms with E-state index in [0.29, 0.717) is 48.7 Å². The van der Waals surface area contributed by atoms with Crippen LogP contribution >= 0.6 is 22.7 Å². The highest BCUT2D eigenvalue weighted by molar-refractivity contribution is 7.23. The third kappa shape index (κ3) is 7.11. The quantitative estimate of drug-likeness (QED) is 0.114. The van der Waals surface area contributed by atoms with E-state index in [9.17, 15) is 19.2 Å². The second-order valence-electron chi connectivity index (χ2n) is 14.0. The molecule has 4 aromatic heterocycles. The Balaban J connectivity index is 0.919. The van der Waals surface area contributed by atoms with Crippen molar-refractivity contribution in [3.05, 3.63) is 108 Å². The topological polar surface area (TPSA) is 228 Å². The average Bonchev–Trinajstić information content (AvgIpc) is 4.08. The molecule has 0 aliphatic carbocycles. The highest BCUT2D eigenvalue weighted by Crippen LogP contribution is 2.40. The van der Waals surface area contributed by atoms with Crippen LogP contribution in [0.2, 0.25) is 0 Å². The van der Waals surface area contributed by atoms with Crippen molar-refractivity contribution in [3.8, 4) is 21.4 Å². The van der Waals surface area contributed by atoms with E-state index in [4.69, 9.17) is 30.9 Å². The van der Waals surface area contributed by atoms with E-state index in [-0.39, 0.29) is 23.9 Å². The number of primary amides is 2. The Bertz CT molecular complexity index is 2430. The molecule has 7 aromatic rings. The molecule has 4 atom stereocenters. The first-order valence-electron chi connectivity index (χ1n) is 18.6. The number of thiazole rings is 2. The maximum absolute atomic E-state index is 13.8. The standard InChI is InChI=1S/C40H36N10O6S2/c41-39(53)55-31(21-9-3-1-4-10-21)37(51)49-15-7-13-27(49)33-43-19-25(45-33)35-47-23-17-30-24(18-29(23)57-35)48-36(58-30)26-20-44-34(46-26)28-14-8-16-50(28)38(52)32(56-40(42)54)22-11-5-2-6-12-22/h1-6,9-12,17-20,27-28,31-32H,7-8,13-16H2,(H2,41,53)(H2,42,54)(H,43,45)(H,44,46)/t27?,28?,31-,32-/m1/s1. The summed E-state index contributed by atoms with van der Waals surface area (Å²) >= 11 is 3.01. The zero-order chi connectivity index (χ0) is 39.9. The normalized spacial score (nSPS) is 17.8. The van der Waals surface area contributed by atoms with Gasteiger partial charge in [-0.2, -0.15) is 0 Å². The van der Waals surface area contributed by atoms with E-state index in [1.807, 2.05) is 24.3 Å². The smallest absolute Gasteiger partial charge is 0.405 e. The molecule has 2 fully saturated rings. The van der Waals surface area contributed by atoms with Gasteiger partial charge >= 0.3 is 12.2 Å². The van der Waals surface area contributed by atoms with E-state index in [1.54, 1.807) is 70.7 Å². The number of nitrogens with one attached hydrogen (secondary N) is 2. The molecular weight excluding hydrogens is 781 g/mol. The van der Waals surface area contributed by atoms with Crippen molar-refractivity contribution < 1.29 is 28.7 Å². The molecule has 0 radical (unpaired) electrons. The van der Waals surface area contributed by atoms with Crippen LogP contribution in [-0.2, 0) is 19.1 Å². The van der Waals surface area contributed by atoms with E-state index in [0.717, 1.165) is 54.7 Å². The van der Waals surface area contributed by atoms with Crippen LogP contribution in [-0.4, -0.2) is 76.8 Å². The minimum Gasteiger partial charge on any atom is -0.431 e. The van der Waals surface area contributed by atoms with Gasteiger partial charge in [0.25, 0.3) is 11.8 Å². The van der Waals surface area contributed by atoms with Gasteiger partial charge < -0.3 is 40.7 Å². The largest absolute Gasteiger partial charge is 0.431 e. The summed E-state index contributed by atoms with van der Waals surface area (Å²) in [5, 5.41) is 1.48. The van der Waals surface area contributed by atoms with Gasteiger partial charge in [0.1, 0.15) is 21.7 Å². The Hall–Kier alpha value is -6.66. The fourth-order valence-electron chi connectivity index (χ4n) is 7.75. The van der Waals surface area contributed by atoms with Gasteiger partial charge in [0.2, 0.25) is 12.2 Å². The number of nitrogens with zero attached hydrogens (tertiary/aromatic N) is 6. The van der Waals surface area contributed by atoms with Crippen LogP contribution in [0.15, 0.2) is 85.2 Å².